The molecule has 1 atom stereocenters. The van der Waals surface area contributed by atoms with E-state index in [0.717, 1.165) is 10.7 Å². The molecule has 0 radical (unpaired) electrons. The van der Waals surface area contributed by atoms with Gasteiger partial charge >= 0.3 is 0 Å². The molecular formula is C3H11N6O6Pt-5. The van der Waals surface area contributed by atoms with Crippen molar-refractivity contribution in [2.45, 2.75) is 6.35 Å². The first-order valence-corrected chi connectivity index (χ1v) is 3.00. The second-order valence-corrected chi connectivity index (χ2v) is 1.18. The summed E-state index contributed by atoms with van der Waals surface area (Å²) in [6.07, 6.45) is -1.56. The fourth-order valence-electron chi connectivity index (χ4n) is 0. The minimum atomic E-state index is -1.56. The van der Waals surface area contributed by atoms with E-state index in [4.69, 9.17) is 47.7 Å². The molecule has 1 unspecified atom stereocenters. The molecule has 12 nitrogen and oxygen atoms in total. The van der Waals surface area contributed by atoms with Crippen LogP contribution in [0.2, 0.25) is 0 Å². The van der Waals surface area contributed by atoms with Crippen LogP contribution in [0.5, 0.6) is 0 Å². The topological polar surface area (TPSA) is 229 Å². The van der Waals surface area contributed by atoms with Gasteiger partial charge in [-0.2, -0.15) is 18.6 Å². The molecule has 0 rings (SSSR count). The van der Waals surface area contributed by atoms with Gasteiger partial charge < -0.3 is 47.7 Å². The molecule has 6 N–H and O–H groups in total. The summed E-state index contributed by atoms with van der Waals surface area (Å²) in [5, 5.41) is 33.1. The largest absolute Gasteiger partial charge is 0.679 e. The van der Waals surface area contributed by atoms with E-state index in [-0.39, 0.29) is 34.2 Å². The fraction of sp³-hybridized carbons (Fsp3) is 1.00. The van der Waals surface area contributed by atoms with Gasteiger partial charge in [0, 0.05) is 27.4 Å². The summed E-state index contributed by atoms with van der Waals surface area (Å²) in [5.74, 6) is 0. The Kier molecular flexibility index (Phi) is 87.7. The van der Waals surface area contributed by atoms with Gasteiger partial charge in [0.1, 0.15) is 0 Å². The third-order valence-electron chi connectivity index (χ3n) is 0.247. The molecular weight excluding hydrogens is 411 g/mol. The molecule has 0 fully saturated rings. The summed E-state index contributed by atoms with van der Waals surface area (Å²) in [6.45, 7) is 0.472. The van der Waals surface area contributed by atoms with Crippen LogP contribution in [0.15, 0.2) is 10.7 Å². The van der Waals surface area contributed by atoms with E-state index in [1.54, 1.807) is 0 Å². The molecule has 0 aromatic rings. The molecule has 0 heterocycles. The first-order chi connectivity index (χ1) is 7.01. The van der Waals surface area contributed by atoms with Crippen molar-refractivity contribution in [1.82, 2.24) is 5.48 Å². The third kappa shape index (κ3) is 393. The summed E-state index contributed by atoms with van der Waals surface area (Å²) >= 11 is 0. The van der Waals surface area contributed by atoms with Crippen LogP contribution in [0, 0.1) is 20.2 Å². The first kappa shape index (κ1) is 29.5. The van der Waals surface area contributed by atoms with Crippen LogP contribution in [-0.2, 0) is 21.1 Å². The van der Waals surface area contributed by atoms with Gasteiger partial charge in [-0.1, -0.05) is 0 Å². The number of aliphatic hydroxyl groups excluding tert-OH is 1. The van der Waals surface area contributed by atoms with Crippen LogP contribution in [0.4, 0.5) is 0 Å². The Labute approximate surface area is 105 Å². The Morgan fingerprint density at radius 3 is 1.31 bits per heavy atom. The average molecular weight is 422 g/mol. The summed E-state index contributed by atoms with van der Waals surface area (Å²) in [7, 11) is 0. The summed E-state index contributed by atoms with van der Waals surface area (Å²) in [6, 6.07) is 0. The zero-order valence-corrected chi connectivity index (χ0v) is 10.0. The van der Waals surface area contributed by atoms with Gasteiger partial charge in [-0.3, -0.25) is 0 Å². The predicted octanol–water partition coefficient (Wildman–Crippen LogP) is 0.883. The Balaban J connectivity index is -0.0000000338. The minimum Gasteiger partial charge on any atom is -0.679 e. The molecule has 104 valence electrons. The van der Waals surface area contributed by atoms with Crippen molar-refractivity contribution in [3.8, 4) is 0 Å². The average Bonchev–Trinajstić information content (AvgIpc) is 2.20. The molecule has 0 aromatic carbocycles. The van der Waals surface area contributed by atoms with Gasteiger partial charge in [0.2, 0.25) is 0 Å². The second kappa shape index (κ2) is 47.6. The number of hydroxylamine groups is 1. The molecule has 0 aliphatic rings. The maximum absolute atomic E-state index is 8.00. The summed E-state index contributed by atoms with van der Waals surface area (Å²) in [5.41, 5.74) is 19.8. The van der Waals surface area contributed by atoms with E-state index in [2.05, 4.69) is 0 Å². The smallest absolute Gasteiger partial charge is 0.0395 e. The van der Waals surface area contributed by atoms with Gasteiger partial charge in [-0.15, -0.1) is 10.7 Å². The van der Waals surface area contributed by atoms with E-state index >= 15 is 0 Å². The van der Waals surface area contributed by atoms with Crippen molar-refractivity contribution >= 4 is 0 Å². The Hall–Kier alpha value is -0.752. The Morgan fingerprint density at radius 2 is 1.31 bits per heavy atom. The third-order valence-corrected chi connectivity index (χ3v) is 0.247. The Bertz CT molecular complexity index is 100. The molecule has 13 heteroatoms. The van der Waals surface area contributed by atoms with Crippen molar-refractivity contribution < 1.29 is 31.4 Å². The normalized spacial score (nSPS) is 8.06. The maximum atomic E-state index is 8.00. The van der Waals surface area contributed by atoms with Crippen LogP contribution in [0.25, 0.3) is 17.2 Å². The van der Waals surface area contributed by atoms with Gasteiger partial charge in [0.15, 0.2) is 0 Å². The monoisotopic (exact) mass is 422 g/mol. The van der Waals surface area contributed by atoms with Crippen molar-refractivity contribution in [2.75, 3.05) is 13.1 Å². The number of aliphatic hydroxyl groups is 1. The van der Waals surface area contributed by atoms with Crippen molar-refractivity contribution in [3.05, 3.63) is 37.4 Å². The zero-order valence-electron chi connectivity index (χ0n) is 7.73. The van der Waals surface area contributed by atoms with Crippen LogP contribution >= 0.6 is 0 Å². The van der Waals surface area contributed by atoms with Gasteiger partial charge in [0.05, 0.1) is 0 Å². The van der Waals surface area contributed by atoms with E-state index in [1.807, 2.05) is 0 Å². The van der Waals surface area contributed by atoms with E-state index in [9.17, 15) is 0 Å². The molecule has 0 bridgehead atoms. The van der Waals surface area contributed by atoms with E-state index in [1.165, 1.54) is 5.48 Å². The van der Waals surface area contributed by atoms with E-state index in [0.29, 0.717) is 0 Å². The van der Waals surface area contributed by atoms with Crippen LogP contribution in [0.3, 0.4) is 0 Å². The van der Waals surface area contributed by atoms with Crippen molar-refractivity contribution in [3.63, 3.8) is 0 Å². The molecule has 0 spiro atoms. The first-order valence-electron chi connectivity index (χ1n) is 3.00. The quantitative estimate of drug-likeness (QED) is 0.330. The standard InChI is InChI=1S/C2H6N2.CH5N2O2.2HNO2.Pt/c3-1-2-4;2-1(4)3-5;2*2-1-3;/h3-4H,1-2H2;1-5H;2*(H,2,3);/q-2;-1;;;/p-2. The number of nitrogens with one attached hydrogen (secondary N) is 4. The number of rotatable bonds is 2. The van der Waals surface area contributed by atoms with Crippen LogP contribution in [-0.4, -0.2) is 29.8 Å². The molecule has 0 aliphatic carbocycles. The van der Waals surface area contributed by atoms with Crippen molar-refractivity contribution in [1.29, 1.82) is 0 Å². The van der Waals surface area contributed by atoms with Crippen LogP contribution in [0.1, 0.15) is 0 Å². The van der Waals surface area contributed by atoms with Gasteiger partial charge in [-0.25, -0.2) is 0 Å². The molecule has 0 saturated carbocycles. The number of nitrogens with zero attached hydrogens (tertiary/aromatic N) is 2. The molecule has 0 aromatic heterocycles. The minimum absolute atomic E-state index is 0. The SMILES string of the molecule is O=N[O-].O=N[O-].[NH-]C(O)NO.[NH-]CC[NH-].[Pt]. The van der Waals surface area contributed by atoms with Crippen LogP contribution < -0.4 is 5.48 Å². The molecule has 0 aliphatic heterocycles. The van der Waals surface area contributed by atoms with E-state index < -0.39 is 6.35 Å². The Morgan fingerprint density at radius 1 is 1.19 bits per heavy atom. The summed E-state index contributed by atoms with van der Waals surface area (Å²) in [4.78, 5) is 16.0. The molecule has 0 amide bonds. The molecule has 16 heavy (non-hydrogen) atoms. The fourth-order valence-corrected chi connectivity index (χ4v) is 0. The second-order valence-electron chi connectivity index (χ2n) is 1.18. The van der Waals surface area contributed by atoms with Gasteiger partial charge in [0.25, 0.3) is 0 Å². The maximum Gasteiger partial charge on any atom is 0.0395 e. The number of hydrogen-bond donors (Lipinski definition) is 3. The van der Waals surface area contributed by atoms with Crippen molar-refractivity contribution in [2.24, 2.45) is 10.7 Å². The summed E-state index contributed by atoms with van der Waals surface area (Å²) < 4.78 is 0. The van der Waals surface area contributed by atoms with Gasteiger partial charge in [-0.05, 0) is 0 Å². The zero-order chi connectivity index (χ0) is 13.1. The number of hydrogen-bond acceptors (Lipinski definition) is 9. The predicted molar refractivity (Wildman–Crippen MR) is 52.0 cm³/mol. The molecule has 0 saturated heterocycles.